The predicted molar refractivity (Wildman–Crippen MR) is 146 cm³/mol. The summed E-state index contributed by atoms with van der Waals surface area (Å²) in [6.07, 6.45) is 6.36. The van der Waals surface area contributed by atoms with Crippen molar-refractivity contribution in [1.29, 1.82) is 0 Å². The number of hydrogen-bond acceptors (Lipinski definition) is 5. The number of carbonyl (C=O) groups is 2. The van der Waals surface area contributed by atoms with Gasteiger partial charge in [-0.3, -0.25) is 9.88 Å². The number of benzene rings is 2. The number of amides is 2. The van der Waals surface area contributed by atoms with Gasteiger partial charge in [0.15, 0.2) is 0 Å². The molecule has 37 heavy (non-hydrogen) atoms. The van der Waals surface area contributed by atoms with E-state index in [1.807, 2.05) is 38.4 Å². The van der Waals surface area contributed by atoms with Gasteiger partial charge in [-0.05, 0) is 59.4 Å². The number of pyridine rings is 1. The smallest absolute Gasteiger partial charge is 0.328 e. The fourth-order valence-corrected chi connectivity index (χ4v) is 4.29. The summed E-state index contributed by atoms with van der Waals surface area (Å²) in [7, 11) is 4.02. The summed E-state index contributed by atoms with van der Waals surface area (Å²) < 4.78 is 0. The Morgan fingerprint density at radius 3 is 2.19 bits per heavy atom. The number of likely N-dealkylation sites (tertiary alicyclic amines) is 1. The highest BCUT2D eigenvalue weighted by molar-refractivity contribution is 5.92. The van der Waals surface area contributed by atoms with E-state index in [0.717, 1.165) is 28.5 Å². The Hall–Kier alpha value is -4.17. The molecule has 1 aliphatic heterocycles. The van der Waals surface area contributed by atoms with Crippen LogP contribution in [0.5, 0.6) is 0 Å². The third-order valence-electron chi connectivity index (χ3n) is 6.45. The summed E-state index contributed by atoms with van der Waals surface area (Å²) >= 11 is 0. The minimum Gasteiger partial charge on any atom is -0.478 e. The molecule has 8 heteroatoms. The number of carboxylic acids is 1. The molecule has 0 aliphatic carbocycles. The molecule has 1 fully saturated rings. The normalized spacial score (nSPS) is 14.1. The number of anilines is 2. The number of carboxylic acid groups (broad SMARTS) is 1. The monoisotopic (exact) mass is 500 g/mol. The number of aromatic nitrogens is 1. The van der Waals surface area contributed by atoms with E-state index in [4.69, 9.17) is 5.11 Å². The van der Waals surface area contributed by atoms with Crippen molar-refractivity contribution < 1.29 is 19.8 Å². The summed E-state index contributed by atoms with van der Waals surface area (Å²) in [5.74, 6) is -1.05. The largest absolute Gasteiger partial charge is 0.478 e. The van der Waals surface area contributed by atoms with E-state index in [2.05, 4.69) is 34.1 Å². The van der Waals surface area contributed by atoms with Crippen LogP contribution in [0.25, 0.3) is 17.2 Å². The van der Waals surface area contributed by atoms with Gasteiger partial charge in [0.1, 0.15) is 0 Å². The predicted octanol–water partition coefficient (Wildman–Crippen LogP) is 4.50. The average Bonchev–Trinajstić information content (AvgIpc) is 2.91. The molecule has 192 valence electrons. The van der Waals surface area contributed by atoms with E-state index >= 15 is 0 Å². The van der Waals surface area contributed by atoms with Gasteiger partial charge in [0.25, 0.3) is 0 Å². The standard InChI is InChI=1S/C29H32N4O4/c1-31(2)25-10-8-24(9-11-25)23-6-3-21(4-7-23)20-33(29(37)32-15-13-27(34)14-16-32)26-17-22(18-30-19-26)5-12-28(35)36/h3-12,17-19,27,34H,13-16,20H2,1-2H3,(H,35,36). The van der Waals surface area contributed by atoms with Crippen molar-refractivity contribution in [3.8, 4) is 11.1 Å². The third-order valence-corrected chi connectivity index (χ3v) is 6.45. The summed E-state index contributed by atoms with van der Waals surface area (Å²) in [6.45, 7) is 1.28. The van der Waals surface area contributed by atoms with Crippen molar-refractivity contribution in [2.45, 2.75) is 25.5 Å². The second-order valence-electron chi connectivity index (χ2n) is 9.37. The zero-order chi connectivity index (χ0) is 26.4. The topological polar surface area (TPSA) is 97.2 Å². The molecule has 2 amide bonds. The first kappa shape index (κ1) is 25.9. The lowest BCUT2D eigenvalue weighted by molar-refractivity contribution is -0.131. The van der Waals surface area contributed by atoms with Crippen LogP contribution >= 0.6 is 0 Å². The summed E-state index contributed by atoms with van der Waals surface area (Å²) in [6, 6.07) is 18.0. The Kier molecular flexibility index (Phi) is 8.20. The van der Waals surface area contributed by atoms with Crippen molar-refractivity contribution in [3.63, 3.8) is 0 Å². The van der Waals surface area contributed by atoms with Gasteiger partial charge in [-0.1, -0.05) is 36.4 Å². The van der Waals surface area contributed by atoms with Gasteiger partial charge in [-0.15, -0.1) is 0 Å². The van der Waals surface area contributed by atoms with E-state index in [1.165, 1.54) is 6.08 Å². The van der Waals surface area contributed by atoms with Gasteiger partial charge >= 0.3 is 12.0 Å². The third kappa shape index (κ3) is 6.74. The van der Waals surface area contributed by atoms with Crippen molar-refractivity contribution >= 4 is 29.5 Å². The number of nitrogens with zero attached hydrogens (tertiary/aromatic N) is 4. The summed E-state index contributed by atoms with van der Waals surface area (Å²) in [5.41, 5.74) is 5.44. The van der Waals surface area contributed by atoms with Crippen molar-refractivity contribution in [2.24, 2.45) is 0 Å². The zero-order valence-corrected chi connectivity index (χ0v) is 21.1. The van der Waals surface area contributed by atoms with E-state index < -0.39 is 5.97 Å². The lowest BCUT2D eigenvalue weighted by Crippen LogP contribution is -2.47. The summed E-state index contributed by atoms with van der Waals surface area (Å²) in [5, 5.41) is 18.9. The minimum atomic E-state index is -1.05. The molecule has 0 atom stereocenters. The van der Waals surface area contributed by atoms with Gasteiger partial charge in [0.2, 0.25) is 0 Å². The van der Waals surface area contributed by atoms with Gasteiger partial charge in [-0.25, -0.2) is 9.59 Å². The lowest BCUT2D eigenvalue weighted by atomic mass is 10.0. The van der Waals surface area contributed by atoms with Crippen LogP contribution in [0.3, 0.4) is 0 Å². The number of piperidine rings is 1. The van der Waals surface area contributed by atoms with E-state index in [9.17, 15) is 14.7 Å². The van der Waals surface area contributed by atoms with Crippen LogP contribution in [0.2, 0.25) is 0 Å². The van der Waals surface area contributed by atoms with Crippen LogP contribution in [0.1, 0.15) is 24.0 Å². The van der Waals surface area contributed by atoms with E-state index in [0.29, 0.717) is 43.7 Å². The van der Waals surface area contributed by atoms with Gasteiger partial charge < -0.3 is 20.0 Å². The Bertz CT molecular complexity index is 1250. The van der Waals surface area contributed by atoms with Crippen LogP contribution in [0.15, 0.2) is 73.1 Å². The zero-order valence-electron chi connectivity index (χ0n) is 21.1. The molecule has 3 aromatic rings. The van der Waals surface area contributed by atoms with Gasteiger partial charge in [0.05, 0.1) is 24.5 Å². The van der Waals surface area contributed by atoms with Crippen LogP contribution in [-0.2, 0) is 11.3 Å². The SMILES string of the molecule is CN(C)c1ccc(-c2ccc(CN(C(=O)N3CCC(O)CC3)c3cncc(C=CC(=O)O)c3)cc2)cc1. The lowest BCUT2D eigenvalue weighted by Gasteiger charge is -2.34. The molecule has 0 bridgehead atoms. The molecule has 1 aromatic heterocycles. The highest BCUT2D eigenvalue weighted by Crippen LogP contribution is 2.26. The maximum atomic E-state index is 13.6. The van der Waals surface area contributed by atoms with Crippen LogP contribution in [0.4, 0.5) is 16.2 Å². The number of carbonyl (C=O) groups excluding carboxylic acids is 1. The molecular formula is C29H32N4O4. The average molecular weight is 501 g/mol. The van der Waals surface area contributed by atoms with Gasteiger partial charge in [0, 0.05) is 45.1 Å². The second-order valence-corrected chi connectivity index (χ2v) is 9.37. The van der Waals surface area contributed by atoms with Crippen molar-refractivity contribution in [1.82, 2.24) is 9.88 Å². The number of aliphatic hydroxyl groups is 1. The number of aliphatic carboxylic acids is 1. The quantitative estimate of drug-likeness (QED) is 0.464. The molecule has 0 spiro atoms. The number of urea groups is 1. The molecule has 1 saturated heterocycles. The Balaban J connectivity index is 1.59. The molecule has 2 heterocycles. The second kappa shape index (κ2) is 11.7. The molecule has 0 saturated carbocycles. The van der Waals surface area contributed by atoms with Crippen LogP contribution < -0.4 is 9.80 Å². The maximum absolute atomic E-state index is 13.6. The number of rotatable bonds is 7. The highest BCUT2D eigenvalue weighted by atomic mass is 16.4. The first-order valence-corrected chi connectivity index (χ1v) is 12.3. The fraction of sp³-hybridized carbons (Fsp3) is 0.276. The Labute approximate surface area is 217 Å². The molecule has 4 rings (SSSR count). The Morgan fingerprint density at radius 1 is 0.973 bits per heavy atom. The molecule has 8 nitrogen and oxygen atoms in total. The van der Waals surface area contributed by atoms with Crippen LogP contribution in [0, 0.1) is 0 Å². The molecule has 1 aliphatic rings. The van der Waals surface area contributed by atoms with Crippen LogP contribution in [-0.4, -0.2) is 65.4 Å². The highest BCUT2D eigenvalue weighted by Gasteiger charge is 2.27. The minimum absolute atomic E-state index is 0.170. The molecule has 0 radical (unpaired) electrons. The van der Waals surface area contributed by atoms with E-state index in [1.54, 1.807) is 28.3 Å². The van der Waals surface area contributed by atoms with E-state index in [-0.39, 0.29) is 12.1 Å². The maximum Gasteiger partial charge on any atom is 0.328 e. The Morgan fingerprint density at radius 2 is 1.59 bits per heavy atom. The molecule has 2 aromatic carbocycles. The van der Waals surface area contributed by atoms with Gasteiger partial charge in [-0.2, -0.15) is 0 Å². The molecular weight excluding hydrogens is 468 g/mol. The number of hydrogen-bond donors (Lipinski definition) is 2. The first-order chi connectivity index (χ1) is 17.8. The molecule has 0 unspecified atom stereocenters. The van der Waals surface area contributed by atoms with Crippen molar-refractivity contribution in [3.05, 3.63) is 84.2 Å². The molecule has 2 N–H and O–H groups in total. The number of aliphatic hydroxyl groups excluding tert-OH is 1. The first-order valence-electron chi connectivity index (χ1n) is 12.3. The fourth-order valence-electron chi connectivity index (χ4n) is 4.29. The summed E-state index contributed by atoms with van der Waals surface area (Å²) in [4.78, 5) is 34.2. The van der Waals surface area contributed by atoms with Crippen molar-refractivity contribution in [2.75, 3.05) is 37.0 Å².